The van der Waals surface area contributed by atoms with Crippen molar-refractivity contribution in [3.05, 3.63) is 61.4 Å². The van der Waals surface area contributed by atoms with Crippen LogP contribution in [0.1, 0.15) is 40.5 Å². The molecule has 0 N–H and O–H groups in total. The maximum absolute atomic E-state index is 2.25. The predicted octanol–water partition coefficient (Wildman–Crippen LogP) is 5.46. The van der Waals surface area contributed by atoms with E-state index >= 15 is 0 Å². The van der Waals surface area contributed by atoms with Crippen LogP contribution in [-0.2, 0) is 21.7 Å². The maximum atomic E-state index is 2.25. The van der Waals surface area contributed by atoms with Crippen LogP contribution in [0.5, 0.6) is 0 Å². The van der Waals surface area contributed by atoms with Crippen molar-refractivity contribution in [1.82, 2.24) is 0 Å². The second-order valence-corrected chi connectivity index (χ2v) is 4.29. The normalized spacial score (nSPS) is 15.8. The van der Waals surface area contributed by atoms with Gasteiger partial charge in [-0.25, -0.2) is 0 Å². The molecule has 0 aromatic rings. The number of allylic oxidation sites excluding steroid dienone is 8. The van der Waals surface area contributed by atoms with Gasteiger partial charge in [0.25, 0.3) is 0 Å². The Hall–Kier alpha value is -0.326. The van der Waals surface area contributed by atoms with E-state index in [-0.39, 0.29) is 36.6 Å². The van der Waals surface area contributed by atoms with Crippen LogP contribution in [0.2, 0.25) is 0 Å². The van der Waals surface area contributed by atoms with Crippen molar-refractivity contribution < 1.29 is 21.7 Å². The molecule has 0 aromatic heterocycles. The third kappa shape index (κ3) is 9.38. The second-order valence-electron chi connectivity index (χ2n) is 4.29. The van der Waals surface area contributed by atoms with Crippen LogP contribution in [0.15, 0.2) is 46.6 Å². The number of hydrogen-bond donors (Lipinski definition) is 0. The Labute approximate surface area is 123 Å². The van der Waals surface area contributed by atoms with Gasteiger partial charge >= 0.3 is 21.7 Å². The molecule has 0 aromatic carbocycles. The van der Waals surface area contributed by atoms with Gasteiger partial charge in [-0.05, 0) is 40.5 Å². The van der Waals surface area contributed by atoms with Gasteiger partial charge in [-0.15, -0.1) is 0 Å². The first kappa shape index (κ1) is 21.9. The zero-order valence-corrected chi connectivity index (χ0v) is 13.8. The van der Waals surface area contributed by atoms with Gasteiger partial charge in [0.2, 0.25) is 0 Å². The zero-order chi connectivity index (χ0) is 10.6. The molecule has 0 bridgehead atoms. The Bertz CT molecular complexity index is 293. The fourth-order valence-electron chi connectivity index (χ4n) is 1.66. The molecule has 17 heavy (non-hydrogen) atoms. The summed E-state index contributed by atoms with van der Waals surface area (Å²) in [5.74, 6) is 0. The Morgan fingerprint density at radius 3 is 1.06 bits per heavy atom. The molecular formula is C16H26Ti. The Morgan fingerprint density at radius 1 is 0.706 bits per heavy atom. The summed E-state index contributed by atoms with van der Waals surface area (Å²) in [5.41, 5.74) is 5.80. The van der Waals surface area contributed by atoms with Gasteiger partial charge in [0.15, 0.2) is 0 Å². The third-order valence-corrected chi connectivity index (χ3v) is 2.44. The van der Waals surface area contributed by atoms with Gasteiger partial charge in [0, 0.05) is 0 Å². The molecule has 0 saturated carbocycles. The van der Waals surface area contributed by atoms with E-state index in [1.807, 2.05) is 0 Å². The van der Waals surface area contributed by atoms with Crippen LogP contribution >= 0.6 is 0 Å². The molecule has 0 fully saturated rings. The molecule has 2 aliphatic rings. The van der Waals surface area contributed by atoms with E-state index in [1.165, 1.54) is 35.1 Å². The van der Waals surface area contributed by atoms with E-state index in [9.17, 15) is 0 Å². The smallest absolute Gasteiger partial charge is 0.358 e. The fourth-order valence-corrected chi connectivity index (χ4v) is 1.66. The maximum Gasteiger partial charge on any atom is 2.00 e. The molecule has 0 radical (unpaired) electrons. The first-order valence-corrected chi connectivity index (χ1v) is 5.26. The fraction of sp³-hybridized carbons (Fsp3) is 0.375. The molecule has 0 heterocycles. The van der Waals surface area contributed by atoms with E-state index in [1.54, 1.807) is 0 Å². The van der Waals surface area contributed by atoms with Crippen LogP contribution in [0.4, 0.5) is 0 Å². The van der Waals surface area contributed by atoms with E-state index < -0.39 is 0 Å². The monoisotopic (exact) mass is 266 g/mol. The Kier molecular flexibility index (Phi) is 13.9. The van der Waals surface area contributed by atoms with Gasteiger partial charge in [-0.1, -0.05) is 46.6 Å². The summed E-state index contributed by atoms with van der Waals surface area (Å²) in [6.45, 7) is 8.59. The minimum Gasteiger partial charge on any atom is -0.358 e. The summed E-state index contributed by atoms with van der Waals surface area (Å²) in [5, 5.41) is 0. The number of rotatable bonds is 0. The van der Waals surface area contributed by atoms with E-state index in [0.29, 0.717) is 0 Å². The Morgan fingerprint density at radius 2 is 1.00 bits per heavy atom. The van der Waals surface area contributed by atoms with Gasteiger partial charge in [0.1, 0.15) is 0 Å². The molecule has 0 unspecified atom stereocenters. The predicted molar refractivity (Wildman–Crippen MR) is 77.1 cm³/mol. The zero-order valence-electron chi connectivity index (χ0n) is 12.2. The first-order chi connectivity index (χ1) is 6.58. The van der Waals surface area contributed by atoms with Crippen LogP contribution in [0.3, 0.4) is 0 Å². The van der Waals surface area contributed by atoms with Crippen LogP contribution in [0.25, 0.3) is 0 Å². The average Bonchev–Trinajstić information content (AvgIpc) is 2.63. The third-order valence-electron chi connectivity index (χ3n) is 2.44. The molecule has 0 atom stereocenters. The van der Waals surface area contributed by atoms with Crippen molar-refractivity contribution in [3.63, 3.8) is 0 Å². The van der Waals surface area contributed by atoms with Crippen LogP contribution < -0.4 is 0 Å². The molecule has 2 rings (SSSR count). The molecule has 0 amide bonds. The molecule has 0 nitrogen and oxygen atoms in total. The summed E-state index contributed by atoms with van der Waals surface area (Å²) in [6, 6.07) is 0. The van der Waals surface area contributed by atoms with Crippen LogP contribution in [-0.4, -0.2) is 0 Å². The standard InChI is InChI=1S/2C7H10.2CH3.Ti/c2*1-6-3-4-7(2)5-6;;;/h2*3,5H,4H2,1-2H3;2*1H3;/q;;2*-1;+2. The topological polar surface area (TPSA) is 0 Å². The summed E-state index contributed by atoms with van der Waals surface area (Å²) in [4.78, 5) is 0. The number of hydrogen-bond acceptors (Lipinski definition) is 0. The van der Waals surface area contributed by atoms with Gasteiger partial charge in [-0.3, -0.25) is 0 Å². The van der Waals surface area contributed by atoms with Gasteiger partial charge in [-0.2, -0.15) is 0 Å². The van der Waals surface area contributed by atoms with Crippen molar-refractivity contribution in [2.45, 2.75) is 40.5 Å². The SMILES string of the molecule is CC1=CCC(C)=C1.CC1=CCC(C)=C1.[CH3-].[CH3-].[Ti+2]. The van der Waals surface area contributed by atoms with Crippen molar-refractivity contribution in [2.24, 2.45) is 0 Å². The molecule has 0 saturated heterocycles. The van der Waals surface area contributed by atoms with Crippen molar-refractivity contribution in [3.8, 4) is 0 Å². The molecule has 0 spiro atoms. The molecule has 1 heteroatoms. The largest absolute Gasteiger partial charge is 2.00 e. The van der Waals surface area contributed by atoms with Crippen molar-refractivity contribution in [1.29, 1.82) is 0 Å². The molecular weight excluding hydrogens is 240 g/mol. The average molecular weight is 266 g/mol. The van der Waals surface area contributed by atoms with Crippen LogP contribution in [0, 0.1) is 14.9 Å². The molecule has 2 aliphatic carbocycles. The van der Waals surface area contributed by atoms with Gasteiger partial charge < -0.3 is 14.9 Å². The Balaban J connectivity index is -0.000000196. The summed E-state index contributed by atoms with van der Waals surface area (Å²) >= 11 is 0. The van der Waals surface area contributed by atoms with Gasteiger partial charge in [0.05, 0.1) is 0 Å². The van der Waals surface area contributed by atoms with E-state index in [2.05, 4.69) is 52.0 Å². The minimum atomic E-state index is 0. The minimum absolute atomic E-state index is 0. The first-order valence-electron chi connectivity index (χ1n) is 5.26. The summed E-state index contributed by atoms with van der Waals surface area (Å²) < 4.78 is 0. The summed E-state index contributed by atoms with van der Waals surface area (Å²) in [6.07, 6.45) is 11.3. The van der Waals surface area contributed by atoms with Crippen molar-refractivity contribution in [2.75, 3.05) is 0 Å². The van der Waals surface area contributed by atoms with Crippen molar-refractivity contribution >= 4 is 0 Å². The second kappa shape index (κ2) is 10.8. The van der Waals surface area contributed by atoms with E-state index in [4.69, 9.17) is 0 Å². The van der Waals surface area contributed by atoms with E-state index in [0.717, 1.165) is 0 Å². The summed E-state index contributed by atoms with van der Waals surface area (Å²) in [7, 11) is 0. The molecule has 0 aliphatic heterocycles. The molecule has 94 valence electrons. The quantitative estimate of drug-likeness (QED) is 0.403.